The fraction of sp³-hybridized carbons (Fsp3) is 0.0625. The topological polar surface area (TPSA) is 69.6 Å². The molecule has 2 rings (SSSR count). The van der Waals surface area contributed by atoms with Gasteiger partial charge in [0.15, 0.2) is 11.5 Å². The summed E-state index contributed by atoms with van der Waals surface area (Å²) >= 11 is 5.99. The molecule has 0 aliphatic heterocycles. The lowest BCUT2D eigenvalue weighted by atomic mass is 10.2. The van der Waals surface area contributed by atoms with Gasteiger partial charge in [-0.3, -0.25) is 4.79 Å². The minimum absolute atomic E-state index is 0.199. The van der Waals surface area contributed by atoms with E-state index in [2.05, 4.69) is 5.32 Å². The molecule has 0 unspecified atom stereocenters. The molecule has 21 heavy (non-hydrogen) atoms. The first-order chi connectivity index (χ1) is 10.1. The Balaban J connectivity index is 1.94. The van der Waals surface area contributed by atoms with Gasteiger partial charge in [0.25, 0.3) is 0 Å². The molecule has 1 amide bonds. The quantitative estimate of drug-likeness (QED) is 0.600. The van der Waals surface area contributed by atoms with Gasteiger partial charge in [0.2, 0.25) is 5.91 Å². The van der Waals surface area contributed by atoms with Gasteiger partial charge in [-0.2, -0.15) is 0 Å². The number of phenols is 2. The number of carbonyl (C=O) groups excluding carboxylic acids is 1. The largest absolute Gasteiger partial charge is 0.504 e. The van der Waals surface area contributed by atoms with E-state index in [0.717, 1.165) is 5.56 Å². The van der Waals surface area contributed by atoms with Crippen LogP contribution in [0.15, 0.2) is 48.5 Å². The highest BCUT2D eigenvalue weighted by Crippen LogP contribution is 2.25. The lowest BCUT2D eigenvalue weighted by Gasteiger charge is -2.04. The normalized spacial score (nSPS) is 10.7. The first-order valence-electron chi connectivity index (χ1n) is 6.27. The molecule has 0 aliphatic carbocycles. The van der Waals surface area contributed by atoms with Crippen molar-refractivity contribution in [1.29, 1.82) is 0 Å². The molecule has 0 aromatic heterocycles. The van der Waals surface area contributed by atoms with Gasteiger partial charge in [-0.25, -0.2) is 0 Å². The Bertz CT molecular complexity index is 683. The minimum Gasteiger partial charge on any atom is -0.504 e. The number of halogens is 1. The van der Waals surface area contributed by atoms with Crippen LogP contribution in [0.1, 0.15) is 11.1 Å². The average molecular weight is 304 g/mol. The van der Waals surface area contributed by atoms with Gasteiger partial charge in [-0.1, -0.05) is 35.9 Å². The Labute approximate surface area is 127 Å². The summed E-state index contributed by atoms with van der Waals surface area (Å²) in [5.74, 6) is -0.702. The maximum Gasteiger partial charge on any atom is 0.244 e. The van der Waals surface area contributed by atoms with Crippen LogP contribution in [0, 0.1) is 0 Å². The summed E-state index contributed by atoms with van der Waals surface area (Å²) in [5, 5.41) is 21.9. The standard InChI is InChI=1S/C16H14ClNO3/c17-13-4-2-1-3-12(13)10-18-16(21)8-6-11-5-7-14(19)15(20)9-11/h1-9,19-20H,10H2,(H,18,21)/b8-6+. The second-order valence-corrected chi connectivity index (χ2v) is 4.80. The zero-order valence-electron chi connectivity index (χ0n) is 11.1. The number of aromatic hydroxyl groups is 2. The van der Waals surface area contributed by atoms with E-state index < -0.39 is 0 Å². The van der Waals surface area contributed by atoms with Crippen LogP contribution in [-0.4, -0.2) is 16.1 Å². The predicted octanol–water partition coefficient (Wildman–Crippen LogP) is 3.08. The maximum absolute atomic E-state index is 11.7. The summed E-state index contributed by atoms with van der Waals surface area (Å²) < 4.78 is 0. The lowest BCUT2D eigenvalue weighted by molar-refractivity contribution is -0.116. The van der Waals surface area contributed by atoms with Gasteiger partial charge in [0.05, 0.1) is 0 Å². The summed E-state index contributed by atoms with van der Waals surface area (Å²) in [6.07, 6.45) is 2.89. The van der Waals surface area contributed by atoms with Gasteiger partial charge in [-0.15, -0.1) is 0 Å². The molecular weight excluding hydrogens is 290 g/mol. The van der Waals surface area contributed by atoms with Gasteiger partial charge in [-0.05, 0) is 35.4 Å². The molecule has 0 fully saturated rings. The lowest BCUT2D eigenvalue weighted by Crippen LogP contribution is -2.20. The molecule has 5 heteroatoms. The van der Waals surface area contributed by atoms with Gasteiger partial charge in [0, 0.05) is 17.6 Å². The van der Waals surface area contributed by atoms with Crippen LogP contribution < -0.4 is 5.32 Å². The van der Waals surface area contributed by atoms with Crippen molar-refractivity contribution >= 4 is 23.6 Å². The Morgan fingerprint density at radius 3 is 2.62 bits per heavy atom. The van der Waals surface area contributed by atoms with E-state index in [1.54, 1.807) is 18.2 Å². The summed E-state index contributed by atoms with van der Waals surface area (Å²) in [6, 6.07) is 11.6. The zero-order chi connectivity index (χ0) is 15.2. The summed E-state index contributed by atoms with van der Waals surface area (Å²) in [5.41, 5.74) is 1.45. The predicted molar refractivity (Wildman–Crippen MR) is 82.1 cm³/mol. The van der Waals surface area contributed by atoms with Crippen LogP contribution in [-0.2, 0) is 11.3 Å². The fourth-order valence-electron chi connectivity index (χ4n) is 1.70. The number of carbonyl (C=O) groups is 1. The van der Waals surface area contributed by atoms with E-state index in [4.69, 9.17) is 11.6 Å². The highest BCUT2D eigenvalue weighted by molar-refractivity contribution is 6.31. The highest BCUT2D eigenvalue weighted by atomic mass is 35.5. The second kappa shape index (κ2) is 6.81. The van der Waals surface area contributed by atoms with Crippen molar-refractivity contribution in [3.63, 3.8) is 0 Å². The number of nitrogens with one attached hydrogen (secondary N) is 1. The Morgan fingerprint density at radius 2 is 1.90 bits per heavy atom. The molecule has 2 aromatic carbocycles. The molecule has 0 radical (unpaired) electrons. The first kappa shape index (κ1) is 14.9. The van der Waals surface area contributed by atoms with Crippen LogP contribution >= 0.6 is 11.6 Å². The number of hydrogen-bond acceptors (Lipinski definition) is 3. The Kier molecular flexibility index (Phi) is 4.85. The molecule has 0 atom stereocenters. The summed E-state index contributed by atoms with van der Waals surface area (Å²) in [7, 11) is 0. The van der Waals surface area contributed by atoms with Crippen molar-refractivity contribution in [1.82, 2.24) is 5.32 Å². The van der Waals surface area contributed by atoms with Gasteiger partial charge >= 0.3 is 0 Å². The van der Waals surface area contributed by atoms with E-state index in [1.165, 1.54) is 18.2 Å². The molecule has 3 N–H and O–H groups in total. The number of hydrogen-bond donors (Lipinski definition) is 3. The van der Waals surface area contributed by atoms with Crippen molar-refractivity contribution in [3.8, 4) is 11.5 Å². The molecule has 108 valence electrons. The van der Waals surface area contributed by atoms with Crippen LogP contribution in [0.3, 0.4) is 0 Å². The van der Waals surface area contributed by atoms with Crippen LogP contribution in [0.4, 0.5) is 0 Å². The first-order valence-corrected chi connectivity index (χ1v) is 6.65. The van der Waals surface area contributed by atoms with Gasteiger partial charge < -0.3 is 15.5 Å². The van der Waals surface area contributed by atoms with Crippen LogP contribution in [0.5, 0.6) is 11.5 Å². The third-order valence-electron chi connectivity index (χ3n) is 2.84. The SMILES string of the molecule is O=C(/C=C/c1ccc(O)c(O)c1)NCc1ccccc1Cl. The average Bonchev–Trinajstić information content (AvgIpc) is 2.47. The molecule has 0 bridgehead atoms. The number of rotatable bonds is 4. The number of phenolic OH excluding ortho intramolecular Hbond substituents is 2. The third kappa shape index (κ3) is 4.26. The van der Waals surface area contributed by atoms with Crippen molar-refractivity contribution in [2.24, 2.45) is 0 Å². The molecule has 0 spiro atoms. The van der Waals surface area contributed by atoms with Crippen molar-refractivity contribution in [2.45, 2.75) is 6.54 Å². The molecule has 0 aliphatic rings. The van der Waals surface area contributed by atoms with Crippen LogP contribution in [0.25, 0.3) is 6.08 Å². The molecule has 4 nitrogen and oxygen atoms in total. The van der Waals surface area contributed by atoms with Crippen molar-refractivity contribution in [3.05, 3.63) is 64.7 Å². The Hall–Kier alpha value is -2.46. The number of benzene rings is 2. The zero-order valence-corrected chi connectivity index (χ0v) is 11.8. The Morgan fingerprint density at radius 1 is 1.14 bits per heavy atom. The summed E-state index contributed by atoms with van der Waals surface area (Å²) in [6.45, 7) is 0.337. The van der Waals surface area contributed by atoms with E-state index in [-0.39, 0.29) is 17.4 Å². The van der Waals surface area contributed by atoms with Crippen molar-refractivity contribution < 1.29 is 15.0 Å². The molecule has 0 saturated carbocycles. The monoisotopic (exact) mass is 303 g/mol. The third-order valence-corrected chi connectivity index (χ3v) is 3.21. The number of amides is 1. The van der Waals surface area contributed by atoms with E-state index in [1.807, 2.05) is 18.2 Å². The van der Waals surface area contributed by atoms with E-state index in [0.29, 0.717) is 17.1 Å². The van der Waals surface area contributed by atoms with Crippen molar-refractivity contribution in [2.75, 3.05) is 0 Å². The van der Waals surface area contributed by atoms with E-state index >= 15 is 0 Å². The molecule has 2 aromatic rings. The highest BCUT2D eigenvalue weighted by Gasteiger charge is 2.01. The minimum atomic E-state index is -0.275. The smallest absolute Gasteiger partial charge is 0.244 e. The van der Waals surface area contributed by atoms with Crippen LogP contribution in [0.2, 0.25) is 5.02 Å². The molecule has 0 heterocycles. The molecule has 0 saturated heterocycles. The van der Waals surface area contributed by atoms with Gasteiger partial charge in [0.1, 0.15) is 0 Å². The molecular formula is C16H14ClNO3. The summed E-state index contributed by atoms with van der Waals surface area (Å²) in [4.78, 5) is 11.7. The van der Waals surface area contributed by atoms with E-state index in [9.17, 15) is 15.0 Å². The maximum atomic E-state index is 11.7. The fourth-order valence-corrected chi connectivity index (χ4v) is 1.90. The second-order valence-electron chi connectivity index (χ2n) is 4.39.